The highest BCUT2D eigenvalue weighted by atomic mass is 16.5. The number of aliphatic hydroxyl groups excluding tert-OH is 1. The predicted molar refractivity (Wildman–Crippen MR) is 56.3 cm³/mol. The maximum absolute atomic E-state index is 12.0. The second kappa shape index (κ2) is 3.82. The van der Waals surface area contributed by atoms with Gasteiger partial charge in [0.15, 0.2) is 6.39 Å². The fraction of sp³-hybridized carbons (Fsp3) is 0.636. The van der Waals surface area contributed by atoms with Gasteiger partial charge in [-0.05, 0) is 12.8 Å². The normalized spacial score (nSPS) is 32.5. The van der Waals surface area contributed by atoms with Gasteiger partial charge in [-0.3, -0.25) is 4.79 Å². The molecule has 0 aliphatic carbocycles. The SMILES string of the molecule is O=C(c1cnco1)N1C[C@H](O)[C@]2(CCCO2)C1. The van der Waals surface area contributed by atoms with Crippen molar-refractivity contribution in [1.29, 1.82) is 0 Å². The Labute approximate surface area is 98.2 Å². The van der Waals surface area contributed by atoms with Gasteiger partial charge in [0, 0.05) is 6.61 Å². The summed E-state index contributed by atoms with van der Waals surface area (Å²) in [5, 5.41) is 10.0. The van der Waals surface area contributed by atoms with Gasteiger partial charge in [0.25, 0.3) is 5.91 Å². The fourth-order valence-electron chi connectivity index (χ4n) is 2.61. The molecule has 1 N–H and O–H groups in total. The summed E-state index contributed by atoms with van der Waals surface area (Å²) >= 11 is 0. The lowest BCUT2D eigenvalue weighted by Crippen LogP contribution is -2.41. The van der Waals surface area contributed by atoms with Crippen LogP contribution in [0.15, 0.2) is 17.0 Å². The van der Waals surface area contributed by atoms with Gasteiger partial charge in [-0.25, -0.2) is 4.98 Å². The number of oxazole rings is 1. The molecule has 1 aromatic heterocycles. The topological polar surface area (TPSA) is 75.8 Å². The molecular formula is C11H14N2O4. The summed E-state index contributed by atoms with van der Waals surface area (Å²) in [4.78, 5) is 17.3. The van der Waals surface area contributed by atoms with E-state index in [1.807, 2.05) is 0 Å². The Balaban J connectivity index is 1.77. The first-order valence-electron chi connectivity index (χ1n) is 5.71. The lowest BCUT2D eigenvalue weighted by Gasteiger charge is -2.25. The first-order valence-corrected chi connectivity index (χ1v) is 5.71. The molecule has 1 spiro atoms. The highest BCUT2D eigenvalue weighted by Gasteiger charge is 2.50. The molecule has 3 heterocycles. The molecule has 3 rings (SSSR count). The van der Waals surface area contributed by atoms with Crippen molar-refractivity contribution in [2.75, 3.05) is 19.7 Å². The third kappa shape index (κ3) is 1.64. The van der Waals surface area contributed by atoms with Gasteiger partial charge in [0.05, 0.1) is 19.3 Å². The van der Waals surface area contributed by atoms with E-state index in [4.69, 9.17) is 9.15 Å². The van der Waals surface area contributed by atoms with Gasteiger partial charge in [-0.2, -0.15) is 0 Å². The van der Waals surface area contributed by atoms with Gasteiger partial charge in [0.2, 0.25) is 5.76 Å². The van der Waals surface area contributed by atoms with E-state index >= 15 is 0 Å². The Morgan fingerprint density at radius 1 is 1.65 bits per heavy atom. The van der Waals surface area contributed by atoms with Crippen LogP contribution >= 0.6 is 0 Å². The van der Waals surface area contributed by atoms with Gasteiger partial charge >= 0.3 is 0 Å². The van der Waals surface area contributed by atoms with Gasteiger partial charge in [-0.1, -0.05) is 0 Å². The minimum Gasteiger partial charge on any atom is -0.438 e. The average molecular weight is 238 g/mol. The fourth-order valence-corrected chi connectivity index (χ4v) is 2.61. The summed E-state index contributed by atoms with van der Waals surface area (Å²) in [6, 6.07) is 0. The summed E-state index contributed by atoms with van der Waals surface area (Å²) in [5.41, 5.74) is -0.560. The van der Waals surface area contributed by atoms with Gasteiger partial charge in [-0.15, -0.1) is 0 Å². The molecule has 0 unspecified atom stereocenters. The standard InChI is InChI=1S/C11H14N2O4/c14-9-5-13(6-11(9)2-1-3-17-11)10(15)8-4-12-7-16-8/h4,7,9,14H,1-3,5-6H2/t9-,11-/m0/s1. The molecule has 2 fully saturated rings. The van der Waals surface area contributed by atoms with Crippen LogP contribution in [0.4, 0.5) is 0 Å². The number of likely N-dealkylation sites (tertiary alicyclic amines) is 1. The molecule has 2 saturated heterocycles. The number of carbonyl (C=O) groups is 1. The lowest BCUT2D eigenvalue weighted by atomic mass is 9.97. The van der Waals surface area contributed by atoms with E-state index in [0.717, 1.165) is 12.8 Å². The van der Waals surface area contributed by atoms with Crippen molar-refractivity contribution in [2.45, 2.75) is 24.5 Å². The van der Waals surface area contributed by atoms with E-state index in [1.54, 1.807) is 4.90 Å². The summed E-state index contributed by atoms with van der Waals surface area (Å²) in [5.74, 6) is -0.0406. The second-order valence-electron chi connectivity index (χ2n) is 4.58. The van der Waals surface area contributed by atoms with Gasteiger partial charge in [0.1, 0.15) is 11.7 Å². The third-order valence-corrected chi connectivity index (χ3v) is 3.52. The molecule has 1 amide bonds. The van der Waals surface area contributed by atoms with Crippen molar-refractivity contribution in [3.05, 3.63) is 18.4 Å². The molecule has 2 atom stereocenters. The molecule has 2 aliphatic rings. The number of aromatic nitrogens is 1. The zero-order valence-corrected chi connectivity index (χ0v) is 9.33. The average Bonchev–Trinajstić information content (AvgIpc) is 3.03. The molecule has 1 aromatic rings. The van der Waals surface area contributed by atoms with Crippen molar-refractivity contribution in [3.63, 3.8) is 0 Å². The summed E-state index contributed by atoms with van der Waals surface area (Å²) in [6.45, 7) is 1.37. The lowest BCUT2D eigenvalue weighted by molar-refractivity contribution is -0.0590. The minimum absolute atomic E-state index is 0.201. The smallest absolute Gasteiger partial charge is 0.291 e. The number of β-amino-alcohol motifs (C(OH)–C–C–N with tert-alkyl or cyclic N) is 1. The van der Waals surface area contributed by atoms with E-state index in [1.165, 1.54) is 12.6 Å². The van der Waals surface area contributed by atoms with Crippen molar-refractivity contribution in [1.82, 2.24) is 9.88 Å². The van der Waals surface area contributed by atoms with Crippen LogP contribution in [0, 0.1) is 0 Å². The van der Waals surface area contributed by atoms with Crippen LogP contribution < -0.4 is 0 Å². The summed E-state index contributed by atoms with van der Waals surface area (Å²) < 4.78 is 10.6. The first kappa shape index (κ1) is 10.7. The van der Waals surface area contributed by atoms with Crippen LogP contribution in [0.5, 0.6) is 0 Å². The van der Waals surface area contributed by atoms with Crippen molar-refractivity contribution < 1.29 is 19.1 Å². The van der Waals surface area contributed by atoms with E-state index in [2.05, 4.69) is 4.98 Å². The number of nitrogens with zero attached hydrogens (tertiary/aromatic N) is 2. The zero-order valence-electron chi connectivity index (χ0n) is 9.33. The highest BCUT2D eigenvalue weighted by Crippen LogP contribution is 2.35. The van der Waals surface area contributed by atoms with Crippen LogP contribution in [-0.4, -0.2) is 52.3 Å². The number of rotatable bonds is 1. The van der Waals surface area contributed by atoms with Crippen molar-refractivity contribution in [2.24, 2.45) is 0 Å². The Morgan fingerprint density at radius 2 is 2.53 bits per heavy atom. The van der Waals surface area contributed by atoms with Gasteiger partial charge < -0.3 is 19.2 Å². The van der Waals surface area contributed by atoms with E-state index in [0.29, 0.717) is 19.7 Å². The molecule has 6 nitrogen and oxygen atoms in total. The molecule has 2 aliphatic heterocycles. The third-order valence-electron chi connectivity index (χ3n) is 3.52. The quantitative estimate of drug-likeness (QED) is 0.747. The molecule has 0 bridgehead atoms. The second-order valence-corrected chi connectivity index (χ2v) is 4.58. The number of amides is 1. The minimum atomic E-state index is -0.614. The summed E-state index contributed by atoms with van der Waals surface area (Å²) in [7, 11) is 0. The maximum atomic E-state index is 12.0. The molecule has 0 radical (unpaired) electrons. The first-order chi connectivity index (χ1) is 8.21. The monoisotopic (exact) mass is 238 g/mol. The van der Waals surface area contributed by atoms with E-state index < -0.39 is 11.7 Å². The highest BCUT2D eigenvalue weighted by molar-refractivity contribution is 5.91. The Bertz CT molecular complexity index is 411. The number of ether oxygens (including phenoxy) is 1. The van der Waals surface area contributed by atoms with Crippen LogP contribution in [0.3, 0.4) is 0 Å². The van der Waals surface area contributed by atoms with Crippen molar-refractivity contribution >= 4 is 5.91 Å². The molecule has 92 valence electrons. The predicted octanol–water partition coefficient (Wildman–Crippen LogP) is 0.0405. The van der Waals surface area contributed by atoms with Crippen LogP contribution in [0.25, 0.3) is 0 Å². The zero-order chi connectivity index (χ0) is 11.9. The van der Waals surface area contributed by atoms with Crippen molar-refractivity contribution in [3.8, 4) is 0 Å². The summed E-state index contributed by atoms with van der Waals surface area (Å²) in [6.07, 6.45) is 3.73. The number of hydrogen-bond acceptors (Lipinski definition) is 5. The number of hydrogen-bond donors (Lipinski definition) is 1. The largest absolute Gasteiger partial charge is 0.438 e. The Kier molecular flexibility index (Phi) is 2.41. The molecule has 6 heteroatoms. The molecule has 0 saturated carbocycles. The number of aliphatic hydroxyl groups is 1. The molecule has 0 aromatic carbocycles. The van der Waals surface area contributed by atoms with Crippen LogP contribution in [0.1, 0.15) is 23.4 Å². The molecule has 17 heavy (non-hydrogen) atoms. The molecular weight excluding hydrogens is 224 g/mol. The van der Waals surface area contributed by atoms with Crippen LogP contribution in [0.2, 0.25) is 0 Å². The number of carbonyl (C=O) groups excluding carboxylic acids is 1. The maximum Gasteiger partial charge on any atom is 0.291 e. The van der Waals surface area contributed by atoms with E-state index in [9.17, 15) is 9.90 Å². The Hall–Kier alpha value is -1.40. The van der Waals surface area contributed by atoms with Crippen LogP contribution in [-0.2, 0) is 4.74 Å². The van der Waals surface area contributed by atoms with E-state index in [-0.39, 0.29) is 11.7 Å². The Morgan fingerprint density at radius 3 is 3.18 bits per heavy atom.